The summed E-state index contributed by atoms with van der Waals surface area (Å²) in [5.41, 5.74) is 6.45. The number of fused-ring (bicyclic) bond motifs is 1. The molecule has 0 unspecified atom stereocenters. The molecule has 1 N–H and O–H groups in total. The Balaban J connectivity index is 1.07. The maximum absolute atomic E-state index is 9.41. The summed E-state index contributed by atoms with van der Waals surface area (Å²) in [4.78, 5) is 4.91. The fourth-order valence-corrected chi connectivity index (χ4v) is 5.94. The van der Waals surface area contributed by atoms with Crippen LogP contribution in [-0.2, 0) is 9.47 Å². The number of H-pyrrole nitrogens is 1. The highest BCUT2D eigenvalue weighted by molar-refractivity contribution is 5.96. The third-order valence-electron chi connectivity index (χ3n) is 7.98. The van der Waals surface area contributed by atoms with Gasteiger partial charge in [0.2, 0.25) is 6.29 Å². The molecule has 7 heteroatoms. The van der Waals surface area contributed by atoms with E-state index in [0.29, 0.717) is 17.5 Å². The first-order chi connectivity index (χ1) is 17.2. The molecule has 0 spiro atoms. The van der Waals surface area contributed by atoms with E-state index in [4.69, 9.17) is 9.47 Å². The minimum Gasteiger partial charge on any atom is -0.459 e. The zero-order chi connectivity index (χ0) is 23.8. The second-order valence-corrected chi connectivity index (χ2v) is 9.93. The average Bonchev–Trinajstić information content (AvgIpc) is 3.61. The standard InChI is InChI=1S/C28H31N5O2/c1-19-2-7-25(27-26(19)24(18-29)30-31-27)33-14-8-21(9-15-33)20-3-5-23(6-4-20)32-12-10-22(11-13-32)28-34-16-17-35-28/h2-7,16-17,21-22,28H,8-15H2,1H3,(H,30,31). The number of aryl methyl sites for hydroxylation is 1. The van der Waals surface area contributed by atoms with Crippen molar-refractivity contribution in [3.8, 4) is 6.07 Å². The number of nitrogens with one attached hydrogen (secondary N) is 1. The zero-order valence-electron chi connectivity index (χ0n) is 20.1. The molecule has 0 atom stereocenters. The van der Waals surface area contributed by atoms with Crippen molar-refractivity contribution in [2.24, 2.45) is 5.92 Å². The second-order valence-electron chi connectivity index (χ2n) is 9.93. The van der Waals surface area contributed by atoms with Gasteiger partial charge in [0.25, 0.3) is 0 Å². The van der Waals surface area contributed by atoms with Crippen molar-refractivity contribution in [3.63, 3.8) is 0 Å². The normalized spacial score (nSPS) is 19.7. The first-order valence-electron chi connectivity index (χ1n) is 12.6. The number of hydrogen-bond donors (Lipinski definition) is 1. The van der Waals surface area contributed by atoms with Crippen LogP contribution in [0.2, 0.25) is 0 Å². The molecule has 180 valence electrons. The molecule has 3 aromatic rings. The summed E-state index contributed by atoms with van der Waals surface area (Å²) in [5, 5.41) is 17.7. The van der Waals surface area contributed by atoms with E-state index in [1.165, 1.54) is 11.3 Å². The summed E-state index contributed by atoms with van der Waals surface area (Å²) < 4.78 is 11.1. The SMILES string of the molecule is Cc1ccc(N2CCC(c3ccc(N4CCC(C5OC=CO5)CC4)cc3)CC2)c2[nH]nc(C#N)c12. The van der Waals surface area contributed by atoms with E-state index in [0.717, 1.165) is 74.0 Å². The molecular formula is C28H31N5O2. The predicted molar refractivity (Wildman–Crippen MR) is 136 cm³/mol. The quantitative estimate of drug-likeness (QED) is 0.567. The largest absolute Gasteiger partial charge is 0.459 e. The van der Waals surface area contributed by atoms with Crippen molar-refractivity contribution in [3.05, 3.63) is 65.7 Å². The third kappa shape index (κ3) is 4.07. The van der Waals surface area contributed by atoms with Gasteiger partial charge in [0, 0.05) is 43.2 Å². The number of nitriles is 1. The molecule has 35 heavy (non-hydrogen) atoms. The number of aromatic nitrogens is 2. The molecule has 2 saturated heterocycles. The molecule has 0 radical (unpaired) electrons. The van der Waals surface area contributed by atoms with E-state index in [9.17, 15) is 5.26 Å². The number of aromatic amines is 1. The summed E-state index contributed by atoms with van der Waals surface area (Å²) in [6, 6.07) is 15.7. The number of ether oxygens (including phenoxy) is 2. The third-order valence-corrected chi connectivity index (χ3v) is 7.98. The molecule has 6 rings (SSSR count). The molecule has 7 nitrogen and oxygen atoms in total. The van der Waals surface area contributed by atoms with E-state index in [-0.39, 0.29) is 6.29 Å². The lowest BCUT2D eigenvalue weighted by Crippen LogP contribution is -2.38. The number of rotatable bonds is 4. The molecule has 0 bridgehead atoms. The molecular weight excluding hydrogens is 438 g/mol. The van der Waals surface area contributed by atoms with Crippen molar-refractivity contribution in [1.29, 1.82) is 5.26 Å². The van der Waals surface area contributed by atoms with Gasteiger partial charge in [-0.3, -0.25) is 5.10 Å². The zero-order valence-corrected chi connectivity index (χ0v) is 20.1. The van der Waals surface area contributed by atoms with Crippen LogP contribution < -0.4 is 9.80 Å². The van der Waals surface area contributed by atoms with Crippen LogP contribution in [0.15, 0.2) is 48.9 Å². The van der Waals surface area contributed by atoms with Crippen molar-refractivity contribution in [2.45, 2.75) is 44.8 Å². The molecule has 3 aliphatic rings. The van der Waals surface area contributed by atoms with Crippen molar-refractivity contribution in [2.75, 3.05) is 36.0 Å². The molecule has 0 aliphatic carbocycles. The van der Waals surface area contributed by atoms with E-state index in [1.807, 2.05) is 6.92 Å². The van der Waals surface area contributed by atoms with Gasteiger partial charge in [-0.25, -0.2) is 0 Å². The Morgan fingerprint density at radius 3 is 2.29 bits per heavy atom. The van der Waals surface area contributed by atoms with Crippen LogP contribution in [0.25, 0.3) is 10.9 Å². The van der Waals surface area contributed by atoms with Crippen LogP contribution in [0.3, 0.4) is 0 Å². The van der Waals surface area contributed by atoms with Crippen molar-refractivity contribution in [1.82, 2.24) is 10.2 Å². The number of hydrogen-bond acceptors (Lipinski definition) is 6. The van der Waals surface area contributed by atoms with Crippen LogP contribution in [0.4, 0.5) is 11.4 Å². The Morgan fingerprint density at radius 1 is 0.914 bits per heavy atom. The fourth-order valence-electron chi connectivity index (χ4n) is 5.94. The lowest BCUT2D eigenvalue weighted by Gasteiger charge is -2.36. The van der Waals surface area contributed by atoms with Gasteiger partial charge >= 0.3 is 0 Å². The Morgan fingerprint density at radius 2 is 1.60 bits per heavy atom. The van der Waals surface area contributed by atoms with Gasteiger partial charge in [0.1, 0.15) is 18.6 Å². The second kappa shape index (κ2) is 9.18. The summed E-state index contributed by atoms with van der Waals surface area (Å²) in [7, 11) is 0. The van der Waals surface area contributed by atoms with Crippen LogP contribution in [0.5, 0.6) is 0 Å². The topological polar surface area (TPSA) is 77.4 Å². The van der Waals surface area contributed by atoms with E-state index >= 15 is 0 Å². The molecule has 1 aromatic heterocycles. The highest BCUT2D eigenvalue weighted by atomic mass is 16.7. The van der Waals surface area contributed by atoms with Crippen LogP contribution in [0, 0.1) is 24.2 Å². The summed E-state index contributed by atoms with van der Waals surface area (Å²) >= 11 is 0. The Labute approximate surface area is 205 Å². The van der Waals surface area contributed by atoms with Gasteiger partial charge in [-0.15, -0.1) is 0 Å². The van der Waals surface area contributed by atoms with Crippen LogP contribution in [-0.4, -0.2) is 42.7 Å². The lowest BCUT2D eigenvalue weighted by atomic mass is 9.88. The summed E-state index contributed by atoms with van der Waals surface area (Å²) in [6.07, 6.45) is 7.63. The van der Waals surface area contributed by atoms with Crippen LogP contribution >= 0.6 is 0 Å². The maximum atomic E-state index is 9.41. The molecule has 2 fully saturated rings. The monoisotopic (exact) mass is 469 g/mol. The van der Waals surface area contributed by atoms with Crippen molar-refractivity contribution >= 4 is 22.3 Å². The molecule has 0 saturated carbocycles. The maximum Gasteiger partial charge on any atom is 0.242 e. The van der Waals surface area contributed by atoms with Gasteiger partial charge in [-0.1, -0.05) is 18.2 Å². The first-order valence-corrected chi connectivity index (χ1v) is 12.6. The molecule has 2 aromatic carbocycles. The van der Waals surface area contributed by atoms with Gasteiger partial charge < -0.3 is 19.3 Å². The van der Waals surface area contributed by atoms with Gasteiger partial charge in [0.15, 0.2) is 5.69 Å². The lowest BCUT2D eigenvalue weighted by molar-refractivity contribution is -0.0728. The summed E-state index contributed by atoms with van der Waals surface area (Å²) in [6.45, 7) is 6.12. The number of anilines is 2. The van der Waals surface area contributed by atoms with E-state index in [2.05, 4.69) is 62.5 Å². The first kappa shape index (κ1) is 21.8. The van der Waals surface area contributed by atoms with Gasteiger partial charge in [0.05, 0.1) is 11.2 Å². The van der Waals surface area contributed by atoms with E-state index in [1.54, 1.807) is 12.5 Å². The van der Waals surface area contributed by atoms with Crippen molar-refractivity contribution < 1.29 is 9.47 Å². The van der Waals surface area contributed by atoms with E-state index < -0.39 is 0 Å². The number of nitrogens with zero attached hydrogens (tertiary/aromatic N) is 4. The molecule has 3 aliphatic heterocycles. The average molecular weight is 470 g/mol. The Bertz CT molecular complexity index is 1250. The fraction of sp³-hybridized carbons (Fsp3) is 0.429. The van der Waals surface area contributed by atoms with Gasteiger partial charge in [-0.05, 0) is 67.9 Å². The predicted octanol–water partition coefficient (Wildman–Crippen LogP) is 5.19. The minimum absolute atomic E-state index is 0.0944. The summed E-state index contributed by atoms with van der Waals surface area (Å²) in [5.74, 6) is 1.04. The number of piperidine rings is 2. The Hall–Kier alpha value is -3.66. The highest BCUT2D eigenvalue weighted by Crippen LogP contribution is 2.36. The Kier molecular flexibility index (Phi) is 5.73. The van der Waals surface area contributed by atoms with Gasteiger partial charge in [-0.2, -0.15) is 10.4 Å². The minimum atomic E-state index is -0.0944. The highest BCUT2D eigenvalue weighted by Gasteiger charge is 2.30. The molecule has 4 heterocycles. The number of benzene rings is 2. The smallest absolute Gasteiger partial charge is 0.242 e. The van der Waals surface area contributed by atoms with Crippen LogP contribution in [0.1, 0.15) is 48.4 Å². The molecule has 0 amide bonds.